The van der Waals surface area contributed by atoms with E-state index in [2.05, 4.69) is 10.6 Å². The molecule has 7 heteroatoms. The van der Waals surface area contributed by atoms with Crippen LogP contribution in [0.3, 0.4) is 0 Å². The maximum Gasteiger partial charge on any atom is 0.306 e. The molecule has 0 heterocycles. The minimum atomic E-state index is -0.529. The molecule has 0 aliphatic carbocycles. The number of Topliss-reactive ketones (excluding diaryl/α,β-unsaturated/α-hetero) is 1. The molecular weight excluding hydrogens is 408 g/mol. The number of ether oxygens (including phenoxy) is 1. The molecule has 0 unspecified atom stereocenters. The van der Waals surface area contributed by atoms with E-state index in [9.17, 15) is 19.2 Å². The third-order valence-electron chi connectivity index (χ3n) is 4.99. The average molecular weight is 439 g/mol. The van der Waals surface area contributed by atoms with Crippen LogP contribution in [0.1, 0.15) is 61.5 Å². The Labute approximate surface area is 188 Å². The number of ketones is 1. The Hall–Kier alpha value is -3.48. The Morgan fingerprint density at radius 2 is 1.44 bits per heavy atom. The van der Waals surface area contributed by atoms with E-state index in [0.29, 0.717) is 17.7 Å². The minimum Gasteiger partial charge on any atom is -0.456 e. The van der Waals surface area contributed by atoms with Gasteiger partial charge in [0.1, 0.15) is 0 Å². The summed E-state index contributed by atoms with van der Waals surface area (Å²) in [6.07, 6.45) is 2.05. The van der Waals surface area contributed by atoms with Gasteiger partial charge in [0.05, 0.1) is 0 Å². The van der Waals surface area contributed by atoms with E-state index in [1.807, 2.05) is 32.0 Å². The number of carbonyl (C=O) groups is 4. The number of hydrogen-bond donors (Lipinski definition) is 2. The number of anilines is 2. The Balaban J connectivity index is 1.71. The smallest absolute Gasteiger partial charge is 0.306 e. The van der Waals surface area contributed by atoms with Gasteiger partial charge in [0.25, 0.3) is 5.91 Å². The van der Waals surface area contributed by atoms with Crippen LogP contribution in [0, 0.1) is 0 Å². The second-order valence-electron chi connectivity index (χ2n) is 7.40. The lowest BCUT2D eigenvalue weighted by atomic mass is 10.0. The maximum absolute atomic E-state index is 12.2. The number of rotatable bonds is 11. The number of amides is 2. The fourth-order valence-electron chi connectivity index (χ4n) is 3.20. The molecular formula is C25H30N2O5. The Bertz CT molecular complexity index is 945. The lowest BCUT2D eigenvalue weighted by Gasteiger charge is -2.14. The predicted octanol–water partition coefficient (Wildman–Crippen LogP) is 4.30. The van der Waals surface area contributed by atoms with E-state index in [0.717, 1.165) is 29.7 Å². The van der Waals surface area contributed by atoms with Gasteiger partial charge in [-0.1, -0.05) is 32.0 Å². The van der Waals surface area contributed by atoms with Gasteiger partial charge in [0, 0.05) is 29.8 Å². The van der Waals surface area contributed by atoms with Gasteiger partial charge in [0.15, 0.2) is 12.4 Å². The fraction of sp³-hybridized carbons (Fsp3) is 0.360. The third kappa shape index (κ3) is 7.65. The van der Waals surface area contributed by atoms with Crippen LogP contribution in [-0.4, -0.2) is 30.2 Å². The van der Waals surface area contributed by atoms with E-state index in [-0.39, 0.29) is 37.0 Å². The van der Waals surface area contributed by atoms with Gasteiger partial charge in [-0.2, -0.15) is 0 Å². The van der Waals surface area contributed by atoms with Crippen molar-refractivity contribution in [3.05, 3.63) is 59.2 Å². The first kappa shape index (κ1) is 24.8. The molecule has 0 aliphatic heterocycles. The standard InChI is InChI=1S/C25H30N2O5/c1-4-18-8-6-9-19(5-2)25(18)27-23(30)16-32-24(31)11-7-10-22(29)26-21-14-12-20(13-15-21)17(3)28/h6,8-9,12-15H,4-5,7,10-11,16H2,1-3H3,(H,26,29)(H,27,30). The van der Waals surface area contributed by atoms with E-state index in [1.165, 1.54) is 6.92 Å². The Kier molecular flexibility index (Phi) is 9.60. The number of benzene rings is 2. The summed E-state index contributed by atoms with van der Waals surface area (Å²) in [5.74, 6) is -1.20. The molecule has 0 saturated heterocycles. The average Bonchev–Trinajstić information content (AvgIpc) is 2.78. The van der Waals surface area contributed by atoms with Crippen molar-refractivity contribution < 1.29 is 23.9 Å². The minimum absolute atomic E-state index is 0.0374. The SMILES string of the molecule is CCc1cccc(CC)c1NC(=O)COC(=O)CCCC(=O)Nc1ccc(C(C)=O)cc1. The lowest BCUT2D eigenvalue weighted by molar-refractivity contribution is -0.147. The number of aryl methyl sites for hydroxylation is 2. The molecule has 0 spiro atoms. The molecule has 32 heavy (non-hydrogen) atoms. The maximum atomic E-state index is 12.2. The van der Waals surface area contributed by atoms with Crippen LogP contribution >= 0.6 is 0 Å². The van der Waals surface area contributed by atoms with Crippen LogP contribution in [0.2, 0.25) is 0 Å². The molecule has 0 aromatic heterocycles. The van der Waals surface area contributed by atoms with Crippen molar-refractivity contribution in [2.75, 3.05) is 17.2 Å². The molecule has 7 nitrogen and oxygen atoms in total. The van der Waals surface area contributed by atoms with Crippen LogP contribution in [0.25, 0.3) is 0 Å². The number of carbonyl (C=O) groups excluding carboxylic acids is 4. The van der Waals surface area contributed by atoms with Gasteiger partial charge < -0.3 is 15.4 Å². The quantitative estimate of drug-likeness (QED) is 0.402. The molecule has 2 rings (SSSR count). The molecule has 2 amide bonds. The summed E-state index contributed by atoms with van der Waals surface area (Å²) in [7, 11) is 0. The van der Waals surface area contributed by atoms with Gasteiger partial charge in [-0.15, -0.1) is 0 Å². The predicted molar refractivity (Wildman–Crippen MR) is 124 cm³/mol. The number of para-hydroxylation sites is 1. The van der Waals surface area contributed by atoms with Crippen molar-refractivity contribution in [3.8, 4) is 0 Å². The molecule has 170 valence electrons. The van der Waals surface area contributed by atoms with Crippen molar-refractivity contribution in [2.45, 2.75) is 52.9 Å². The highest BCUT2D eigenvalue weighted by Crippen LogP contribution is 2.22. The topological polar surface area (TPSA) is 102 Å². The highest BCUT2D eigenvalue weighted by Gasteiger charge is 2.13. The highest BCUT2D eigenvalue weighted by atomic mass is 16.5. The number of esters is 1. The Morgan fingerprint density at radius 3 is 2.00 bits per heavy atom. The van der Waals surface area contributed by atoms with E-state index >= 15 is 0 Å². The van der Waals surface area contributed by atoms with Crippen LogP contribution in [0.15, 0.2) is 42.5 Å². The Morgan fingerprint density at radius 1 is 0.812 bits per heavy atom. The highest BCUT2D eigenvalue weighted by molar-refractivity contribution is 5.96. The van der Waals surface area contributed by atoms with E-state index < -0.39 is 5.97 Å². The van der Waals surface area contributed by atoms with Gasteiger partial charge in [-0.3, -0.25) is 19.2 Å². The largest absolute Gasteiger partial charge is 0.456 e. The first-order valence-electron chi connectivity index (χ1n) is 10.8. The zero-order valence-electron chi connectivity index (χ0n) is 18.8. The number of nitrogens with one attached hydrogen (secondary N) is 2. The summed E-state index contributed by atoms with van der Waals surface area (Å²) >= 11 is 0. The van der Waals surface area contributed by atoms with Gasteiger partial charge in [-0.05, 0) is 61.6 Å². The van der Waals surface area contributed by atoms with Crippen molar-refractivity contribution >= 4 is 34.9 Å². The number of hydrogen-bond acceptors (Lipinski definition) is 5. The second kappa shape index (κ2) is 12.4. The monoisotopic (exact) mass is 438 g/mol. The molecule has 0 atom stereocenters. The molecule has 0 saturated carbocycles. The van der Waals surface area contributed by atoms with Crippen molar-refractivity contribution in [1.82, 2.24) is 0 Å². The summed E-state index contributed by atoms with van der Waals surface area (Å²) in [6, 6.07) is 12.5. The normalized spacial score (nSPS) is 10.3. The summed E-state index contributed by atoms with van der Waals surface area (Å²) in [6.45, 7) is 5.14. The molecule has 2 aromatic rings. The third-order valence-corrected chi connectivity index (χ3v) is 4.99. The van der Waals surface area contributed by atoms with Crippen LogP contribution in [0.5, 0.6) is 0 Å². The first-order valence-corrected chi connectivity index (χ1v) is 10.8. The zero-order chi connectivity index (χ0) is 23.5. The fourth-order valence-corrected chi connectivity index (χ4v) is 3.20. The molecule has 0 radical (unpaired) electrons. The van der Waals surface area contributed by atoms with Crippen LogP contribution < -0.4 is 10.6 Å². The second-order valence-corrected chi connectivity index (χ2v) is 7.40. The van der Waals surface area contributed by atoms with Crippen molar-refractivity contribution in [3.63, 3.8) is 0 Å². The molecule has 2 N–H and O–H groups in total. The van der Waals surface area contributed by atoms with Gasteiger partial charge in [-0.25, -0.2) is 0 Å². The van der Waals surface area contributed by atoms with Crippen LogP contribution in [0.4, 0.5) is 11.4 Å². The summed E-state index contributed by atoms with van der Waals surface area (Å²) in [5.41, 5.74) is 4.00. The van der Waals surface area contributed by atoms with Gasteiger partial charge >= 0.3 is 5.97 Å². The summed E-state index contributed by atoms with van der Waals surface area (Å²) in [4.78, 5) is 47.4. The summed E-state index contributed by atoms with van der Waals surface area (Å²) in [5, 5.41) is 5.56. The van der Waals surface area contributed by atoms with E-state index in [4.69, 9.17) is 4.74 Å². The molecule has 2 aromatic carbocycles. The van der Waals surface area contributed by atoms with Crippen molar-refractivity contribution in [1.29, 1.82) is 0 Å². The zero-order valence-corrected chi connectivity index (χ0v) is 18.8. The van der Waals surface area contributed by atoms with Crippen LogP contribution in [-0.2, 0) is 32.0 Å². The molecule has 0 bridgehead atoms. The lowest BCUT2D eigenvalue weighted by Crippen LogP contribution is -2.22. The van der Waals surface area contributed by atoms with Crippen molar-refractivity contribution in [2.24, 2.45) is 0 Å². The molecule has 0 fully saturated rings. The molecule has 0 aliphatic rings. The van der Waals surface area contributed by atoms with Gasteiger partial charge in [0.2, 0.25) is 5.91 Å². The van der Waals surface area contributed by atoms with E-state index in [1.54, 1.807) is 24.3 Å². The first-order chi connectivity index (χ1) is 15.3. The summed E-state index contributed by atoms with van der Waals surface area (Å²) < 4.78 is 5.04.